The number of halogens is 1. The Morgan fingerprint density at radius 2 is 2.18 bits per heavy atom. The van der Waals surface area contributed by atoms with Crippen LogP contribution in [0.15, 0.2) is 41.1 Å². The van der Waals surface area contributed by atoms with E-state index in [0.29, 0.717) is 23.9 Å². The Bertz CT molecular complexity index is 782. The lowest BCUT2D eigenvalue weighted by atomic mass is 10.0. The predicted molar refractivity (Wildman–Crippen MR) is 102 cm³/mol. The lowest BCUT2D eigenvalue weighted by Crippen LogP contribution is -2.29. The molecule has 3 rings (SSSR count). The first kappa shape index (κ1) is 19.9. The highest BCUT2D eigenvalue weighted by molar-refractivity contribution is 5.91. The minimum Gasteiger partial charge on any atom is -0.459 e. The van der Waals surface area contributed by atoms with E-state index in [1.54, 1.807) is 12.1 Å². The molecule has 28 heavy (non-hydrogen) atoms. The fourth-order valence-corrected chi connectivity index (χ4v) is 3.40. The van der Waals surface area contributed by atoms with Crippen LogP contribution in [0, 0.1) is 11.9 Å². The highest BCUT2D eigenvalue weighted by atomic mass is 19.1. The second-order valence-corrected chi connectivity index (χ2v) is 6.98. The summed E-state index contributed by atoms with van der Waals surface area (Å²) in [6.45, 7) is 2.12. The van der Waals surface area contributed by atoms with Crippen molar-refractivity contribution in [2.45, 2.75) is 32.1 Å². The molecule has 0 bridgehead atoms. The van der Waals surface area contributed by atoms with Gasteiger partial charge in [-0.3, -0.25) is 4.79 Å². The van der Waals surface area contributed by atoms with Crippen LogP contribution in [0.2, 0.25) is 0 Å². The van der Waals surface area contributed by atoms with Crippen molar-refractivity contribution in [2.24, 2.45) is 5.92 Å². The highest BCUT2D eigenvalue weighted by Gasteiger charge is 2.27. The first-order valence-electron chi connectivity index (χ1n) is 9.61. The highest BCUT2D eigenvalue weighted by Crippen LogP contribution is 2.23. The van der Waals surface area contributed by atoms with Crippen LogP contribution in [-0.4, -0.2) is 41.5 Å². The molecule has 0 radical (unpaired) electrons. The number of aromatic nitrogens is 1. The first-order valence-corrected chi connectivity index (χ1v) is 9.61. The van der Waals surface area contributed by atoms with E-state index in [-0.39, 0.29) is 11.9 Å². The molecular weight excluding hydrogens is 363 g/mol. The molecular formula is C20H25FN4O3. The zero-order valence-electron chi connectivity index (χ0n) is 15.7. The van der Waals surface area contributed by atoms with Gasteiger partial charge in [-0.1, -0.05) is 12.8 Å². The second-order valence-electron chi connectivity index (χ2n) is 6.98. The standard InChI is InChI=1S/C20H25FN4O3/c21-18-13-16(7-10-22-18)24-20(27)23-9-3-1-2-5-15-8-11-25(14-15)19(26)17-6-4-12-28-17/h4,6-7,10,12-13,15H,1-3,5,8-9,11,14H2,(H2,22,23,24,27). The van der Waals surface area contributed by atoms with E-state index in [0.717, 1.165) is 45.2 Å². The number of amides is 3. The first-order chi connectivity index (χ1) is 13.6. The fourth-order valence-electron chi connectivity index (χ4n) is 3.40. The number of pyridine rings is 1. The van der Waals surface area contributed by atoms with Crippen LogP contribution in [0.5, 0.6) is 0 Å². The van der Waals surface area contributed by atoms with E-state index in [9.17, 15) is 14.0 Å². The molecule has 1 fully saturated rings. The van der Waals surface area contributed by atoms with E-state index in [2.05, 4.69) is 15.6 Å². The van der Waals surface area contributed by atoms with Gasteiger partial charge in [0.2, 0.25) is 5.95 Å². The molecule has 2 aromatic heterocycles. The largest absolute Gasteiger partial charge is 0.459 e. The van der Waals surface area contributed by atoms with Gasteiger partial charge in [0, 0.05) is 37.6 Å². The Morgan fingerprint density at radius 1 is 1.29 bits per heavy atom. The number of likely N-dealkylation sites (tertiary alicyclic amines) is 1. The van der Waals surface area contributed by atoms with Crippen LogP contribution in [0.3, 0.4) is 0 Å². The van der Waals surface area contributed by atoms with Crippen LogP contribution in [0.4, 0.5) is 14.9 Å². The Morgan fingerprint density at radius 3 is 2.96 bits per heavy atom. The lowest BCUT2D eigenvalue weighted by molar-refractivity contribution is 0.0754. The molecule has 8 heteroatoms. The molecule has 1 unspecified atom stereocenters. The molecule has 2 N–H and O–H groups in total. The molecule has 0 spiro atoms. The van der Waals surface area contributed by atoms with E-state index in [1.165, 1.54) is 24.6 Å². The summed E-state index contributed by atoms with van der Waals surface area (Å²) >= 11 is 0. The molecule has 0 aliphatic carbocycles. The number of anilines is 1. The van der Waals surface area contributed by atoms with E-state index >= 15 is 0 Å². The summed E-state index contributed by atoms with van der Waals surface area (Å²) in [7, 11) is 0. The van der Waals surface area contributed by atoms with Gasteiger partial charge in [0.05, 0.1) is 6.26 Å². The zero-order chi connectivity index (χ0) is 19.8. The summed E-state index contributed by atoms with van der Waals surface area (Å²) in [6, 6.07) is 5.77. The Hall–Kier alpha value is -2.90. The van der Waals surface area contributed by atoms with Gasteiger partial charge in [0.1, 0.15) is 0 Å². The summed E-state index contributed by atoms with van der Waals surface area (Å²) in [5.74, 6) is 0.266. The van der Waals surface area contributed by atoms with Crippen LogP contribution >= 0.6 is 0 Å². The van der Waals surface area contributed by atoms with Crippen LogP contribution < -0.4 is 10.6 Å². The molecule has 1 atom stereocenters. The number of urea groups is 1. The van der Waals surface area contributed by atoms with E-state index in [1.807, 2.05) is 4.90 Å². The average molecular weight is 388 g/mol. The molecule has 3 amide bonds. The van der Waals surface area contributed by atoms with Gasteiger partial charge in [0.25, 0.3) is 5.91 Å². The minimum atomic E-state index is -0.630. The van der Waals surface area contributed by atoms with Crippen molar-refractivity contribution in [2.75, 3.05) is 25.0 Å². The molecule has 1 aliphatic heterocycles. The van der Waals surface area contributed by atoms with Crippen molar-refractivity contribution in [1.29, 1.82) is 0 Å². The Kier molecular flexibility index (Phi) is 7.00. The van der Waals surface area contributed by atoms with Crippen LogP contribution in [0.25, 0.3) is 0 Å². The summed E-state index contributed by atoms with van der Waals surface area (Å²) in [6.07, 6.45) is 7.86. The number of hydrogen-bond acceptors (Lipinski definition) is 4. The molecule has 7 nitrogen and oxygen atoms in total. The average Bonchev–Trinajstić information content (AvgIpc) is 3.36. The van der Waals surface area contributed by atoms with Crippen molar-refractivity contribution in [1.82, 2.24) is 15.2 Å². The number of unbranched alkanes of at least 4 members (excludes halogenated alkanes) is 2. The van der Waals surface area contributed by atoms with Crippen molar-refractivity contribution < 1.29 is 18.4 Å². The Labute approximate surface area is 163 Å². The van der Waals surface area contributed by atoms with Gasteiger partial charge < -0.3 is 20.0 Å². The topological polar surface area (TPSA) is 87.5 Å². The minimum absolute atomic E-state index is 0.0307. The van der Waals surface area contributed by atoms with Gasteiger partial charge in [0.15, 0.2) is 5.76 Å². The number of nitrogens with one attached hydrogen (secondary N) is 2. The van der Waals surface area contributed by atoms with E-state index in [4.69, 9.17) is 4.42 Å². The maximum Gasteiger partial charge on any atom is 0.319 e. The van der Waals surface area contributed by atoms with Crippen molar-refractivity contribution in [3.05, 3.63) is 48.4 Å². The SMILES string of the molecule is O=C(NCCCCCC1CCN(C(=O)c2ccco2)C1)Nc1ccnc(F)c1. The molecule has 2 aromatic rings. The number of furan rings is 1. The molecule has 1 aliphatic rings. The van der Waals surface area contributed by atoms with Crippen molar-refractivity contribution in [3.8, 4) is 0 Å². The number of carbonyl (C=O) groups excluding carboxylic acids is 2. The fraction of sp³-hybridized carbons (Fsp3) is 0.450. The maximum atomic E-state index is 13.0. The van der Waals surface area contributed by atoms with Gasteiger partial charge in [-0.2, -0.15) is 4.39 Å². The second kappa shape index (κ2) is 9.87. The number of hydrogen-bond donors (Lipinski definition) is 2. The molecule has 0 aromatic carbocycles. The van der Waals surface area contributed by atoms with Crippen LogP contribution in [0.1, 0.15) is 42.7 Å². The number of carbonyl (C=O) groups is 2. The third kappa shape index (κ3) is 5.80. The van der Waals surface area contributed by atoms with Gasteiger partial charge in [-0.15, -0.1) is 0 Å². The normalized spacial score (nSPS) is 16.2. The third-order valence-electron chi connectivity index (χ3n) is 4.86. The summed E-state index contributed by atoms with van der Waals surface area (Å²) in [4.78, 5) is 29.3. The van der Waals surface area contributed by atoms with E-state index < -0.39 is 5.95 Å². The summed E-state index contributed by atoms with van der Waals surface area (Å²) in [5, 5.41) is 5.33. The Balaban J connectivity index is 1.24. The summed E-state index contributed by atoms with van der Waals surface area (Å²) < 4.78 is 18.1. The molecule has 1 saturated heterocycles. The van der Waals surface area contributed by atoms with Gasteiger partial charge >= 0.3 is 6.03 Å². The molecule has 0 saturated carbocycles. The smallest absolute Gasteiger partial charge is 0.319 e. The maximum absolute atomic E-state index is 13.0. The lowest BCUT2D eigenvalue weighted by Gasteiger charge is -2.15. The van der Waals surface area contributed by atoms with Gasteiger partial charge in [-0.05, 0) is 43.4 Å². The third-order valence-corrected chi connectivity index (χ3v) is 4.86. The van der Waals surface area contributed by atoms with Crippen molar-refractivity contribution in [3.63, 3.8) is 0 Å². The summed E-state index contributed by atoms with van der Waals surface area (Å²) in [5.41, 5.74) is 0.375. The number of nitrogens with zero attached hydrogens (tertiary/aromatic N) is 2. The van der Waals surface area contributed by atoms with Gasteiger partial charge in [-0.25, -0.2) is 9.78 Å². The van der Waals surface area contributed by atoms with Crippen molar-refractivity contribution >= 4 is 17.6 Å². The number of rotatable bonds is 8. The predicted octanol–water partition coefficient (Wildman–Crippen LogP) is 3.66. The van der Waals surface area contributed by atoms with Crippen LogP contribution in [-0.2, 0) is 0 Å². The molecule has 3 heterocycles. The monoisotopic (exact) mass is 388 g/mol. The zero-order valence-corrected chi connectivity index (χ0v) is 15.7. The molecule has 150 valence electrons. The quantitative estimate of drug-likeness (QED) is 0.534.